The summed E-state index contributed by atoms with van der Waals surface area (Å²) in [7, 11) is 0. The first-order valence-corrected chi connectivity index (χ1v) is 4.88. The molecular weight excluding hydrogens is 178 g/mol. The number of rotatable bonds is 6. The van der Waals surface area contributed by atoms with Gasteiger partial charge in [-0.1, -0.05) is 6.92 Å². The lowest BCUT2D eigenvalue weighted by atomic mass is 10.4. The van der Waals surface area contributed by atoms with Crippen molar-refractivity contribution >= 4 is 23.6 Å². The topological polar surface area (TPSA) is 66.4 Å². The van der Waals surface area contributed by atoms with E-state index in [9.17, 15) is 9.59 Å². The average Bonchev–Trinajstić information content (AvgIpc) is 2.03. The second-order valence-corrected chi connectivity index (χ2v) is 3.26. The first kappa shape index (κ1) is 11.3. The van der Waals surface area contributed by atoms with Gasteiger partial charge in [-0.25, -0.2) is 0 Å². The fourth-order valence-corrected chi connectivity index (χ4v) is 1.11. The Hall–Kier alpha value is -0.710. The van der Waals surface area contributed by atoms with E-state index in [1.54, 1.807) is 6.92 Å². The Kier molecular flexibility index (Phi) is 6.55. The molecule has 1 amide bonds. The van der Waals surface area contributed by atoms with Crippen LogP contribution in [0.2, 0.25) is 0 Å². The van der Waals surface area contributed by atoms with Crippen molar-refractivity contribution in [3.8, 4) is 0 Å². The van der Waals surface area contributed by atoms with Crippen molar-refractivity contribution in [3.63, 3.8) is 0 Å². The first-order chi connectivity index (χ1) is 5.66. The summed E-state index contributed by atoms with van der Waals surface area (Å²) in [5.41, 5.74) is 0. The highest BCUT2D eigenvalue weighted by Crippen LogP contribution is 1.96. The number of carbonyl (C=O) groups is 2. The molecule has 0 aromatic heterocycles. The molecule has 0 aromatic rings. The zero-order valence-electron chi connectivity index (χ0n) is 7.00. The van der Waals surface area contributed by atoms with Gasteiger partial charge < -0.3 is 10.4 Å². The largest absolute Gasteiger partial charge is 0.481 e. The minimum absolute atomic E-state index is 0.00549. The summed E-state index contributed by atoms with van der Waals surface area (Å²) < 4.78 is 0. The van der Waals surface area contributed by atoms with Crippen LogP contribution in [-0.2, 0) is 9.59 Å². The summed E-state index contributed by atoms with van der Waals surface area (Å²) in [5, 5.41) is 10.9. The van der Waals surface area contributed by atoms with Gasteiger partial charge in [0.25, 0.3) is 0 Å². The number of carboxylic acids is 1. The molecule has 0 unspecified atom stereocenters. The maximum atomic E-state index is 10.7. The van der Waals surface area contributed by atoms with Crippen LogP contribution in [0.5, 0.6) is 0 Å². The number of carboxylic acid groups (broad SMARTS) is 1. The molecule has 0 aliphatic heterocycles. The molecule has 0 saturated heterocycles. The summed E-state index contributed by atoms with van der Waals surface area (Å²) in [6.07, 6.45) is 0.476. The number of hydrogen-bond donors (Lipinski definition) is 2. The molecule has 0 heterocycles. The molecule has 0 rings (SSSR count). The number of carbonyl (C=O) groups excluding carboxylic acids is 1. The average molecular weight is 191 g/mol. The van der Waals surface area contributed by atoms with Crippen molar-refractivity contribution in [1.82, 2.24) is 5.32 Å². The van der Waals surface area contributed by atoms with Crippen LogP contribution in [-0.4, -0.2) is 35.0 Å². The molecule has 70 valence electrons. The predicted molar refractivity (Wildman–Crippen MR) is 48.3 cm³/mol. The van der Waals surface area contributed by atoms with E-state index in [4.69, 9.17) is 5.11 Å². The fourth-order valence-electron chi connectivity index (χ4n) is 0.547. The van der Waals surface area contributed by atoms with Gasteiger partial charge in [0.15, 0.2) is 0 Å². The minimum Gasteiger partial charge on any atom is -0.481 e. The summed E-state index contributed by atoms with van der Waals surface area (Å²) in [5.74, 6) is -0.0622. The highest BCUT2D eigenvalue weighted by molar-refractivity contribution is 7.99. The van der Waals surface area contributed by atoms with Gasteiger partial charge in [0.05, 0.1) is 5.75 Å². The van der Waals surface area contributed by atoms with Crippen LogP contribution < -0.4 is 5.32 Å². The second kappa shape index (κ2) is 6.97. The van der Waals surface area contributed by atoms with Crippen LogP contribution in [0.1, 0.15) is 13.3 Å². The quantitative estimate of drug-likeness (QED) is 0.594. The third-order valence-corrected chi connectivity index (χ3v) is 2.06. The van der Waals surface area contributed by atoms with Crippen LogP contribution in [0.15, 0.2) is 0 Å². The molecule has 0 saturated carbocycles. The van der Waals surface area contributed by atoms with Crippen LogP contribution in [0.4, 0.5) is 0 Å². The Labute approximate surface area is 75.7 Å². The minimum atomic E-state index is -0.818. The third kappa shape index (κ3) is 7.40. The molecule has 0 aromatic carbocycles. The zero-order valence-corrected chi connectivity index (χ0v) is 7.82. The molecule has 0 radical (unpaired) electrons. The number of thioether (sulfide) groups is 1. The highest BCUT2D eigenvalue weighted by atomic mass is 32.2. The van der Waals surface area contributed by atoms with Gasteiger partial charge in [-0.3, -0.25) is 9.59 Å². The number of nitrogens with one attached hydrogen (secondary N) is 1. The molecular formula is C7H13NO3S. The SMILES string of the molecule is CCC(=O)NCCSCC(=O)O. The normalized spacial score (nSPS) is 9.42. The smallest absolute Gasteiger partial charge is 0.313 e. The standard InChI is InChI=1S/C7H13NO3S/c1-2-6(9)8-3-4-12-5-7(10)11/h2-5H2,1H3,(H,8,9)(H,10,11). The van der Waals surface area contributed by atoms with E-state index in [2.05, 4.69) is 5.32 Å². The zero-order chi connectivity index (χ0) is 9.40. The van der Waals surface area contributed by atoms with E-state index in [1.165, 1.54) is 11.8 Å². The van der Waals surface area contributed by atoms with Gasteiger partial charge in [0, 0.05) is 18.7 Å². The molecule has 5 heteroatoms. The molecule has 0 atom stereocenters. The van der Waals surface area contributed by atoms with Gasteiger partial charge in [-0.2, -0.15) is 0 Å². The van der Waals surface area contributed by atoms with Gasteiger partial charge >= 0.3 is 5.97 Å². The lowest BCUT2D eigenvalue weighted by Crippen LogP contribution is -2.24. The van der Waals surface area contributed by atoms with Crippen LogP contribution >= 0.6 is 11.8 Å². The maximum absolute atomic E-state index is 10.7. The molecule has 0 aliphatic rings. The van der Waals surface area contributed by atoms with Crippen molar-refractivity contribution in [2.24, 2.45) is 0 Å². The van der Waals surface area contributed by atoms with Gasteiger partial charge in [0.1, 0.15) is 0 Å². The molecule has 12 heavy (non-hydrogen) atoms. The van der Waals surface area contributed by atoms with Crippen molar-refractivity contribution in [1.29, 1.82) is 0 Å². The van der Waals surface area contributed by atoms with E-state index >= 15 is 0 Å². The first-order valence-electron chi connectivity index (χ1n) is 3.73. The Bertz CT molecular complexity index is 161. The Morgan fingerprint density at radius 1 is 1.50 bits per heavy atom. The van der Waals surface area contributed by atoms with E-state index in [1.807, 2.05) is 0 Å². The Balaban J connectivity index is 3.11. The van der Waals surface area contributed by atoms with Crippen molar-refractivity contribution in [2.75, 3.05) is 18.1 Å². The van der Waals surface area contributed by atoms with Crippen molar-refractivity contribution < 1.29 is 14.7 Å². The lowest BCUT2D eigenvalue weighted by Gasteiger charge is -2.01. The summed E-state index contributed by atoms with van der Waals surface area (Å²) >= 11 is 1.30. The summed E-state index contributed by atoms with van der Waals surface area (Å²) in [4.78, 5) is 20.7. The van der Waals surface area contributed by atoms with E-state index in [-0.39, 0.29) is 11.7 Å². The van der Waals surface area contributed by atoms with Gasteiger partial charge in [-0.15, -0.1) is 11.8 Å². The third-order valence-electron chi connectivity index (χ3n) is 1.12. The second-order valence-electron chi connectivity index (χ2n) is 2.15. The van der Waals surface area contributed by atoms with Crippen LogP contribution in [0.3, 0.4) is 0 Å². The Morgan fingerprint density at radius 3 is 2.67 bits per heavy atom. The van der Waals surface area contributed by atoms with E-state index < -0.39 is 5.97 Å². The number of aliphatic carboxylic acids is 1. The monoisotopic (exact) mass is 191 g/mol. The van der Waals surface area contributed by atoms with E-state index in [0.29, 0.717) is 18.7 Å². The van der Waals surface area contributed by atoms with E-state index in [0.717, 1.165) is 0 Å². The summed E-state index contributed by atoms with van der Waals surface area (Å²) in [6, 6.07) is 0. The molecule has 0 fully saturated rings. The molecule has 0 bridgehead atoms. The van der Waals surface area contributed by atoms with Crippen molar-refractivity contribution in [2.45, 2.75) is 13.3 Å². The predicted octanol–water partition coefficient (Wildman–Crippen LogP) is 0.330. The number of amides is 1. The summed E-state index contributed by atoms with van der Waals surface area (Å²) in [6.45, 7) is 2.32. The van der Waals surface area contributed by atoms with Gasteiger partial charge in [0.2, 0.25) is 5.91 Å². The molecule has 0 spiro atoms. The molecule has 4 nitrogen and oxygen atoms in total. The maximum Gasteiger partial charge on any atom is 0.313 e. The lowest BCUT2D eigenvalue weighted by molar-refractivity contribution is -0.133. The fraction of sp³-hybridized carbons (Fsp3) is 0.714. The Morgan fingerprint density at radius 2 is 2.17 bits per heavy atom. The van der Waals surface area contributed by atoms with Crippen LogP contribution in [0.25, 0.3) is 0 Å². The molecule has 0 aliphatic carbocycles. The number of hydrogen-bond acceptors (Lipinski definition) is 3. The highest BCUT2D eigenvalue weighted by Gasteiger charge is 1.97. The van der Waals surface area contributed by atoms with Crippen LogP contribution in [0, 0.1) is 0 Å². The van der Waals surface area contributed by atoms with Crippen molar-refractivity contribution in [3.05, 3.63) is 0 Å². The van der Waals surface area contributed by atoms with Gasteiger partial charge in [-0.05, 0) is 0 Å². The molecule has 2 N–H and O–H groups in total.